The summed E-state index contributed by atoms with van der Waals surface area (Å²) in [6.07, 6.45) is 2.38. The molecular weight excluding hydrogens is 190 g/mol. The molecule has 0 bridgehead atoms. The molecule has 0 aliphatic carbocycles. The normalized spacial score (nSPS) is 21.3. The molecule has 0 saturated carbocycles. The van der Waals surface area contributed by atoms with Gasteiger partial charge in [0.25, 0.3) is 0 Å². The van der Waals surface area contributed by atoms with Gasteiger partial charge in [0.15, 0.2) is 0 Å². The molecule has 4 heteroatoms. The Morgan fingerprint density at radius 2 is 2.17 bits per heavy atom. The minimum atomic E-state index is -0.876. The van der Waals surface area contributed by atoms with Gasteiger partial charge in [-0.3, -0.25) is 0 Å². The van der Waals surface area contributed by atoms with Crippen LogP contribution in [0.5, 0.6) is 0 Å². The number of hydrogen-bond acceptors (Lipinski definition) is 2. The minimum absolute atomic E-state index is 0.876. The van der Waals surface area contributed by atoms with Crippen LogP contribution in [0.3, 0.4) is 0 Å². The van der Waals surface area contributed by atoms with E-state index < -0.39 is 11.0 Å². The fraction of sp³-hybridized carbons (Fsp3) is 0.500. The molecule has 1 aliphatic heterocycles. The topological polar surface area (TPSA) is 20.3 Å². The average Bonchev–Trinajstić information content (AvgIpc) is 2.77. The maximum absolute atomic E-state index is 11.8. The van der Waals surface area contributed by atoms with E-state index in [0.29, 0.717) is 0 Å². The van der Waals surface area contributed by atoms with Gasteiger partial charge in [-0.25, -0.2) is 8.51 Å². The molecule has 1 fully saturated rings. The fourth-order valence-electron chi connectivity index (χ4n) is 1.34. The summed E-state index contributed by atoms with van der Waals surface area (Å²) >= 11 is 1.58. The third-order valence-corrected chi connectivity index (χ3v) is 4.66. The fourth-order valence-corrected chi connectivity index (χ4v) is 3.64. The summed E-state index contributed by atoms with van der Waals surface area (Å²) in [4.78, 5) is 0. The summed E-state index contributed by atoms with van der Waals surface area (Å²) < 4.78 is 14.8. The standard InChI is InChI=1S/C8H11NOS2/c10-12(8-4-3-7-11-8)9-5-1-2-6-9/h3-4,7H,1-2,5-6H2. The number of hydrogen-bond donors (Lipinski definition) is 0. The van der Waals surface area contributed by atoms with E-state index in [1.165, 1.54) is 12.8 Å². The molecule has 2 rings (SSSR count). The van der Waals surface area contributed by atoms with E-state index in [2.05, 4.69) is 0 Å². The molecule has 0 aromatic carbocycles. The van der Waals surface area contributed by atoms with Crippen LogP contribution in [0.1, 0.15) is 12.8 Å². The van der Waals surface area contributed by atoms with Gasteiger partial charge in [0.1, 0.15) is 15.2 Å². The number of thiophene rings is 1. The van der Waals surface area contributed by atoms with Crippen LogP contribution in [-0.4, -0.2) is 21.6 Å². The van der Waals surface area contributed by atoms with Gasteiger partial charge < -0.3 is 0 Å². The van der Waals surface area contributed by atoms with Gasteiger partial charge in [0, 0.05) is 13.1 Å². The highest BCUT2D eigenvalue weighted by atomic mass is 32.2. The molecule has 1 atom stereocenters. The minimum Gasteiger partial charge on any atom is -0.236 e. The zero-order valence-electron chi connectivity index (χ0n) is 6.73. The first-order valence-corrected chi connectivity index (χ1v) is 6.07. The van der Waals surface area contributed by atoms with Crippen LogP contribution in [0.25, 0.3) is 0 Å². The Balaban J connectivity index is 2.09. The van der Waals surface area contributed by atoms with Crippen LogP contribution in [-0.2, 0) is 11.0 Å². The molecule has 2 heterocycles. The highest BCUT2D eigenvalue weighted by Gasteiger charge is 2.19. The lowest BCUT2D eigenvalue weighted by Gasteiger charge is -2.11. The maximum Gasteiger partial charge on any atom is 0.137 e. The van der Waals surface area contributed by atoms with Crippen molar-refractivity contribution in [3.05, 3.63) is 17.5 Å². The van der Waals surface area contributed by atoms with Gasteiger partial charge in [-0.15, -0.1) is 11.3 Å². The summed E-state index contributed by atoms with van der Waals surface area (Å²) in [6, 6.07) is 3.90. The summed E-state index contributed by atoms with van der Waals surface area (Å²) in [5.74, 6) is 0. The molecule has 0 amide bonds. The molecule has 12 heavy (non-hydrogen) atoms. The van der Waals surface area contributed by atoms with Crippen molar-refractivity contribution in [3.63, 3.8) is 0 Å². The van der Waals surface area contributed by atoms with E-state index in [-0.39, 0.29) is 0 Å². The van der Waals surface area contributed by atoms with Gasteiger partial charge >= 0.3 is 0 Å². The monoisotopic (exact) mass is 201 g/mol. The van der Waals surface area contributed by atoms with Gasteiger partial charge in [-0.2, -0.15) is 0 Å². The van der Waals surface area contributed by atoms with Crippen LogP contribution in [0.15, 0.2) is 21.7 Å². The summed E-state index contributed by atoms with van der Waals surface area (Å²) in [5.41, 5.74) is 0. The highest BCUT2D eigenvalue weighted by Crippen LogP contribution is 2.20. The van der Waals surface area contributed by atoms with Gasteiger partial charge in [-0.05, 0) is 24.3 Å². The summed E-state index contributed by atoms with van der Waals surface area (Å²) in [5, 5.41) is 1.98. The lowest BCUT2D eigenvalue weighted by Crippen LogP contribution is -2.21. The summed E-state index contributed by atoms with van der Waals surface area (Å²) in [7, 11) is -0.876. The van der Waals surface area contributed by atoms with E-state index >= 15 is 0 Å². The molecule has 1 aromatic heterocycles. The van der Waals surface area contributed by atoms with Gasteiger partial charge in [-0.1, -0.05) is 6.07 Å². The maximum atomic E-state index is 11.8. The largest absolute Gasteiger partial charge is 0.236 e. The second-order valence-corrected chi connectivity index (χ2v) is 5.48. The summed E-state index contributed by atoms with van der Waals surface area (Å²) in [6.45, 7) is 1.98. The van der Waals surface area contributed by atoms with Crippen molar-refractivity contribution in [2.24, 2.45) is 0 Å². The quantitative estimate of drug-likeness (QED) is 0.715. The Morgan fingerprint density at radius 1 is 1.42 bits per heavy atom. The highest BCUT2D eigenvalue weighted by molar-refractivity contribution is 7.85. The van der Waals surface area contributed by atoms with Crippen LogP contribution in [0.2, 0.25) is 0 Å². The average molecular weight is 201 g/mol. The van der Waals surface area contributed by atoms with Crippen LogP contribution < -0.4 is 0 Å². The zero-order chi connectivity index (χ0) is 8.39. The van der Waals surface area contributed by atoms with E-state index in [9.17, 15) is 4.21 Å². The van der Waals surface area contributed by atoms with Gasteiger partial charge in [0.2, 0.25) is 0 Å². The van der Waals surface area contributed by atoms with E-state index in [4.69, 9.17) is 0 Å². The Morgan fingerprint density at radius 3 is 2.75 bits per heavy atom. The molecule has 0 spiro atoms. The Kier molecular flexibility index (Phi) is 2.58. The van der Waals surface area contributed by atoms with Crippen LogP contribution >= 0.6 is 11.3 Å². The van der Waals surface area contributed by atoms with E-state index in [0.717, 1.165) is 17.3 Å². The molecule has 1 saturated heterocycles. The number of rotatable bonds is 2. The van der Waals surface area contributed by atoms with Crippen molar-refractivity contribution in [1.82, 2.24) is 4.31 Å². The van der Waals surface area contributed by atoms with Crippen molar-refractivity contribution in [3.8, 4) is 0 Å². The molecule has 0 radical (unpaired) electrons. The van der Waals surface area contributed by atoms with Gasteiger partial charge in [0.05, 0.1) is 0 Å². The van der Waals surface area contributed by atoms with Crippen molar-refractivity contribution in [2.45, 2.75) is 17.1 Å². The molecule has 1 aromatic rings. The second-order valence-electron chi connectivity index (χ2n) is 2.82. The van der Waals surface area contributed by atoms with Crippen molar-refractivity contribution < 1.29 is 4.21 Å². The first kappa shape index (κ1) is 8.41. The predicted molar refractivity (Wildman–Crippen MR) is 51.5 cm³/mol. The first-order chi connectivity index (χ1) is 5.88. The Hall–Kier alpha value is -0.190. The molecule has 0 N–H and O–H groups in total. The van der Waals surface area contributed by atoms with Crippen molar-refractivity contribution in [2.75, 3.05) is 13.1 Å². The lowest BCUT2D eigenvalue weighted by atomic mass is 10.4. The smallest absolute Gasteiger partial charge is 0.137 e. The van der Waals surface area contributed by atoms with Crippen molar-refractivity contribution >= 4 is 22.3 Å². The molecule has 2 nitrogen and oxygen atoms in total. The van der Waals surface area contributed by atoms with Crippen LogP contribution in [0, 0.1) is 0 Å². The Bertz CT molecular complexity index is 265. The molecule has 1 unspecified atom stereocenters. The molecule has 1 aliphatic rings. The van der Waals surface area contributed by atoms with Crippen molar-refractivity contribution in [1.29, 1.82) is 0 Å². The number of nitrogens with zero attached hydrogens (tertiary/aromatic N) is 1. The Labute approximate surface area is 78.8 Å². The third-order valence-electron chi connectivity index (χ3n) is 1.97. The first-order valence-electron chi connectivity index (χ1n) is 4.08. The van der Waals surface area contributed by atoms with E-state index in [1.54, 1.807) is 11.3 Å². The second kappa shape index (κ2) is 3.68. The molecular formula is C8H11NOS2. The third kappa shape index (κ3) is 1.60. The predicted octanol–water partition coefficient (Wildman–Crippen LogP) is 1.87. The van der Waals surface area contributed by atoms with Crippen LogP contribution in [0.4, 0.5) is 0 Å². The SMILES string of the molecule is O=S(c1cccs1)N1CCCC1. The zero-order valence-corrected chi connectivity index (χ0v) is 8.37. The molecule has 66 valence electrons. The van der Waals surface area contributed by atoms with E-state index in [1.807, 2.05) is 21.8 Å². The lowest BCUT2D eigenvalue weighted by molar-refractivity contribution is 0.537.